The van der Waals surface area contributed by atoms with Gasteiger partial charge in [0.25, 0.3) is 0 Å². The van der Waals surface area contributed by atoms with Crippen LogP contribution in [0.2, 0.25) is 0 Å². The lowest BCUT2D eigenvalue weighted by molar-refractivity contribution is -0.131. The van der Waals surface area contributed by atoms with E-state index in [-0.39, 0.29) is 5.91 Å². The molecule has 0 saturated carbocycles. The molecule has 0 aliphatic carbocycles. The van der Waals surface area contributed by atoms with Crippen LogP contribution in [0.3, 0.4) is 0 Å². The van der Waals surface area contributed by atoms with Crippen molar-refractivity contribution in [2.45, 2.75) is 38.1 Å². The number of likely N-dealkylation sites (tertiary alicyclic amines) is 1. The molecule has 1 aromatic heterocycles. The van der Waals surface area contributed by atoms with Crippen molar-refractivity contribution in [2.75, 3.05) is 24.5 Å². The summed E-state index contributed by atoms with van der Waals surface area (Å²) >= 11 is 1.78. The van der Waals surface area contributed by atoms with Gasteiger partial charge in [0.1, 0.15) is 0 Å². The third kappa shape index (κ3) is 3.18. The highest BCUT2D eigenvalue weighted by Crippen LogP contribution is 2.34. The number of fused-ring (bicyclic) bond motifs is 2. The minimum atomic E-state index is 0.245. The molecule has 0 unspecified atom stereocenters. The lowest BCUT2D eigenvalue weighted by Gasteiger charge is -2.34. The van der Waals surface area contributed by atoms with Gasteiger partial charge in [0, 0.05) is 30.7 Å². The zero-order chi connectivity index (χ0) is 19.1. The smallest absolute Gasteiger partial charge is 0.242 e. The fourth-order valence-electron chi connectivity index (χ4n) is 4.59. The zero-order valence-electron chi connectivity index (χ0n) is 16.2. The van der Waals surface area contributed by atoms with E-state index in [0.29, 0.717) is 18.5 Å². The molecule has 4 nitrogen and oxygen atoms in total. The fourth-order valence-corrected chi connectivity index (χ4v) is 5.68. The lowest BCUT2D eigenvalue weighted by atomic mass is 9.98. The summed E-state index contributed by atoms with van der Waals surface area (Å²) in [5, 5.41) is 1.18. The summed E-state index contributed by atoms with van der Waals surface area (Å²) in [6.45, 7) is 4.35. The van der Waals surface area contributed by atoms with E-state index in [2.05, 4.69) is 59.2 Å². The number of hydrogen-bond donors (Lipinski definition) is 0. The number of anilines is 1. The summed E-state index contributed by atoms with van der Waals surface area (Å²) in [5.74, 6) is 0.604. The quantitative estimate of drug-likeness (QED) is 0.662. The number of aromatic nitrogens is 1. The second kappa shape index (κ2) is 7.21. The van der Waals surface area contributed by atoms with Crippen LogP contribution in [0.15, 0.2) is 48.5 Å². The SMILES string of the molecule is C[C@@H]1Cc2ccccc2N1CC(=O)N1CCC[C@H](c2nc3ccccc3s2)C1. The second-order valence-corrected chi connectivity index (χ2v) is 9.07. The predicted octanol–water partition coefficient (Wildman–Crippen LogP) is 4.45. The molecule has 3 heterocycles. The number of nitrogens with zero attached hydrogens (tertiary/aromatic N) is 3. The summed E-state index contributed by atoms with van der Waals surface area (Å²) in [6.07, 6.45) is 3.20. The highest BCUT2D eigenvalue weighted by atomic mass is 32.1. The maximum atomic E-state index is 13.1. The number of amides is 1. The van der Waals surface area contributed by atoms with Gasteiger partial charge in [0.05, 0.1) is 21.8 Å². The molecule has 5 rings (SSSR count). The first-order valence-corrected chi connectivity index (χ1v) is 11.0. The minimum Gasteiger partial charge on any atom is -0.359 e. The Balaban J connectivity index is 1.30. The first-order valence-electron chi connectivity index (χ1n) is 10.2. The molecule has 28 heavy (non-hydrogen) atoms. The Morgan fingerprint density at radius 3 is 2.89 bits per heavy atom. The van der Waals surface area contributed by atoms with Crippen LogP contribution in [-0.2, 0) is 11.2 Å². The molecule has 0 radical (unpaired) electrons. The third-order valence-electron chi connectivity index (χ3n) is 6.09. The van der Waals surface area contributed by atoms with E-state index in [0.717, 1.165) is 37.9 Å². The Hall–Kier alpha value is -2.40. The number of carbonyl (C=O) groups excluding carboxylic acids is 1. The van der Waals surface area contributed by atoms with Gasteiger partial charge in [-0.15, -0.1) is 11.3 Å². The Morgan fingerprint density at radius 2 is 2.00 bits per heavy atom. The number of para-hydroxylation sites is 2. The third-order valence-corrected chi connectivity index (χ3v) is 7.29. The largest absolute Gasteiger partial charge is 0.359 e. The van der Waals surface area contributed by atoms with Gasteiger partial charge in [-0.25, -0.2) is 4.98 Å². The van der Waals surface area contributed by atoms with E-state index >= 15 is 0 Å². The molecular formula is C23H25N3OS. The average Bonchev–Trinajstić information content (AvgIpc) is 3.29. The van der Waals surface area contributed by atoms with E-state index in [1.807, 2.05) is 6.07 Å². The Morgan fingerprint density at radius 1 is 1.18 bits per heavy atom. The molecule has 3 aromatic rings. The van der Waals surface area contributed by atoms with Crippen LogP contribution in [0.5, 0.6) is 0 Å². The summed E-state index contributed by atoms with van der Waals surface area (Å²) in [6, 6.07) is 17.2. The number of rotatable bonds is 3. The Bertz CT molecular complexity index is 981. The van der Waals surface area contributed by atoms with Gasteiger partial charge in [-0.2, -0.15) is 0 Å². The Kier molecular flexibility index (Phi) is 4.55. The summed E-state index contributed by atoms with van der Waals surface area (Å²) in [7, 11) is 0. The number of benzene rings is 2. The van der Waals surface area contributed by atoms with Crippen LogP contribution in [0, 0.1) is 0 Å². The molecule has 1 fully saturated rings. The normalized spacial score (nSPS) is 21.9. The minimum absolute atomic E-state index is 0.245. The molecule has 2 aromatic carbocycles. The highest BCUT2D eigenvalue weighted by molar-refractivity contribution is 7.18. The van der Waals surface area contributed by atoms with Gasteiger partial charge in [0.2, 0.25) is 5.91 Å². The molecule has 0 spiro atoms. The van der Waals surface area contributed by atoms with Crippen molar-refractivity contribution in [2.24, 2.45) is 0 Å². The molecule has 2 aliphatic heterocycles. The van der Waals surface area contributed by atoms with E-state index in [1.54, 1.807) is 11.3 Å². The molecule has 144 valence electrons. The number of thiazole rings is 1. The Labute approximate surface area is 169 Å². The average molecular weight is 392 g/mol. The summed E-state index contributed by atoms with van der Waals surface area (Å²) < 4.78 is 1.24. The topological polar surface area (TPSA) is 36.4 Å². The van der Waals surface area contributed by atoms with Gasteiger partial charge in [0.15, 0.2) is 0 Å². The van der Waals surface area contributed by atoms with E-state index in [9.17, 15) is 4.79 Å². The van der Waals surface area contributed by atoms with Crippen LogP contribution in [0.25, 0.3) is 10.2 Å². The van der Waals surface area contributed by atoms with E-state index in [4.69, 9.17) is 4.98 Å². The van der Waals surface area contributed by atoms with Crippen LogP contribution in [-0.4, -0.2) is 41.5 Å². The van der Waals surface area contributed by atoms with E-state index < -0.39 is 0 Å². The number of carbonyl (C=O) groups is 1. The maximum Gasteiger partial charge on any atom is 0.242 e. The van der Waals surface area contributed by atoms with Crippen molar-refractivity contribution in [3.05, 3.63) is 59.1 Å². The standard InChI is InChI=1S/C23H25N3OS/c1-16-13-17-7-2-4-10-20(17)26(16)15-22(27)25-12-6-8-18(14-25)23-24-19-9-3-5-11-21(19)28-23/h2-5,7,9-11,16,18H,6,8,12-15H2,1H3/t16-,18+/m1/s1. The lowest BCUT2D eigenvalue weighted by Crippen LogP contribution is -2.46. The molecule has 0 bridgehead atoms. The van der Waals surface area contributed by atoms with Crippen LogP contribution in [0.4, 0.5) is 5.69 Å². The molecule has 1 saturated heterocycles. The van der Waals surface area contributed by atoms with Gasteiger partial charge in [-0.1, -0.05) is 30.3 Å². The molecular weight excluding hydrogens is 366 g/mol. The van der Waals surface area contributed by atoms with Crippen molar-refractivity contribution in [1.82, 2.24) is 9.88 Å². The van der Waals surface area contributed by atoms with Crippen molar-refractivity contribution in [3.8, 4) is 0 Å². The summed E-state index contributed by atoms with van der Waals surface area (Å²) in [5.41, 5.74) is 3.66. The van der Waals surface area contributed by atoms with E-state index in [1.165, 1.54) is 21.0 Å². The van der Waals surface area contributed by atoms with Crippen LogP contribution in [0.1, 0.15) is 36.3 Å². The molecule has 1 amide bonds. The van der Waals surface area contributed by atoms with Crippen LogP contribution >= 0.6 is 11.3 Å². The van der Waals surface area contributed by atoms with Gasteiger partial charge < -0.3 is 9.80 Å². The second-order valence-electron chi connectivity index (χ2n) is 8.01. The molecule has 0 N–H and O–H groups in total. The fraction of sp³-hybridized carbons (Fsp3) is 0.391. The van der Waals surface area contributed by atoms with Crippen molar-refractivity contribution >= 4 is 33.1 Å². The van der Waals surface area contributed by atoms with Crippen molar-refractivity contribution < 1.29 is 4.79 Å². The van der Waals surface area contributed by atoms with Gasteiger partial charge in [-0.3, -0.25) is 4.79 Å². The van der Waals surface area contributed by atoms with Gasteiger partial charge in [-0.05, 0) is 49.9 Å². The van der Waals surface area contributed by atoms with Gasteiger partial charge >= 0.3 is 0 Å². The highest BCUT2D eigenvalue weighted by Gasteiger charge is 2.31. The number of hydrogen-bond acceptors (Lipinski definition) is 4. The molecule has 2 aliphatic rings. The first-order chi connectivity index (χ1) is 13.7. The molecule has 2 atom stereocenters. The molecule has 5 heteroatoms. The zero-order valence-corrected chi connectivity index (χ0v) is 17.0. The maximum absolute atomic E-state index is 13.1. The van der Waals surface area contributed by atoms with Crippen molar-refractivity contribution in [3.63, 3.8) is 0 Å². The first kappa shape index (κ1) is 17.7. The monoisotopic (exact) mass is 391 g/mol. The number of piperidine rings is 1. The van der Waals surface area contributed by atoms with Crippen LogP contribution < -0.4 is 4.90 Å². The summed E-state index contributed by atoms with van der Waals surface area (Å²) in [4.78, 5) is 22.3. The predicted molar refractivity (Wildman–Crippen MR) is 115 cm³/mol. The van der Waals surface area contributed by atoms with Crippen molar-refractivity contribution in [1.29, 1.82) is 0 Å².